The fraction of sp³-hybridized carbons (Fsp3) is 0.652. The van der Waals surface area contributed by atoms with Crippen LogP contribution in [0.2, 0.25) is 0 Å². The van der Waals surface area contributed by atoms with Gasteiger partial charge in [0.05, 0.1) is 0 Å². The molecule has 0 aliphatic heterocycles. The summed E-state index contributed by atoms with van der Waals surface area (Å²) in [6.45, 7) is 10.7. The van der Waals surface area contributed by atoms with Gasteiger partial charge in [-0.25, -0.2) is 18.0 Å². The van der Waals surface area contributed by atoms with E-state index in [-0.39, 0.29) is 31.4 Å². The van der Waals surface area contributed by atoms with E-state index in [9.17, 15) is 22.8 Å². The average Bonchev–Trinajstić information content (AvgIpc) is 2.57. The van der Waals surface area contributed by atoms with Crippen molar-refractivity contribution in [2.45, 2.75) is 90.2 Å². The molecule has 1 fully saturated rings. The van der Waals surface area contributed by atoms with Crippen LogP contribution >= 0.6 is 0 Å². The van der Waals surface area contributed by atoms with Crippen molar-refractivity contribution < 1.29 is 27.5 Å². The molecule has 1 aromatic carbocycles. The highest BCUT2D eigenvalue weighted by atomic mass is 19.3. The van der Waals surface area contributed by atoms with E-state index in [4.69, 9.17) is 4.74 Å². The number of benzene rings is 1. The molecule has 0 bridgehead atoms. The Morgan fingerprint density at radius 3 is 2.16 bits per heavy atom. The van der Waals surface area contributed by atoms with Gasteiger partial charge in [-0.2, -0.15) is 0 Å². The molecule has 0 aromatic heterocycles. The fourth-order valence-electron chi connectivity index (χ4n) is 3.65. The van der Waals surface area contributed by atoms with E-state index < -0.39 is 46.7 Å². The van der Waals surface area contributed by atoms with Crippen molar-refractivity contribution in [3.8, 4) is 0 Å². The van der Waals surface area contributed by atoms with Crippen LogP contribution in [0.1, 0.15) is 72.8 Å². The van der Waals surface area contributed by atoms with Gasteiger partial charge in [0, 0.05) is 18.5 Å². The number of carbonyl (C=O) groups excluding carboxylic acids is 2. The van der Waals surface area contributed by atoms with Gasteiger partial charge in [0.2, 0.25) is 11.8 Å². The Hall–Kier alpha value is -2.25. The normalized spacial score (nSPS) is 18.2. The van der Waals surface area contributed by atoms with Gasteiger partial charge in [-0.1, -0.05) is 26.8 Å². The molecule has 174 valence electrons. The highest BCUT2D eigenvalue weighted by molar-refractivity contribution is 5.96. The molecule has 1 aliphatic carbocycles. The van der Waals surface area contributed by atoms with Crippen molar-refractivity contribution in [2.24, 2.45) is 5.92 Å². The Kier molecular flexibility index (Phi) is 7.33. The van der Waals surface area contributed by atoms with Gasteiger partial charge < -0.3 is 15.4 Å². The first-order valence-electron chi connectivity index (χ1n) is 10.6. The van der Waals surface area contributed by atoms with E-state index in [0.29, 0.717) is 5.56 Å². The van der Waals surface area contributed by atoms with E-state index >= 15 is 0 Å². The van der Waals surface area contributed by atoms with Crippen LogP contribution in [-0.2, 0) is 14.9 Å². The molecule has 0 unspecified atom stereocenters. The van der Waals surface area contributed by atoms with E-state index in [1.165, 1.54) is 6.07 Å². The van der Waals surface area contributed by atoms with Crippen LogP contribution in [0.25, 0.3) is 0 Å². The van der Waals surface area contributed by atoms with E-state index in [1.807, 2.05) is 20.8 Å². The Balaban J connectivity index is 2.19. The quantitative estimate of drug-likeness (QED) is 0.621. The minimum absolute atomic E-state index is 0.0816. The zero-order valence-corrected chi connectivity index (χ0v) is 19.1. The number of nitrogens with one attached hydrogen (secondary N) is 2. The number of hydrogen-bond acceptors (Lipinski definition) is 3. The molecule has 1 atom stereocenters. The highest BCUT2D eigenvalue weighted by Crippen LogP contribution is 2.38. The summed E-state index contributed by atoms with van der Waals surface area (Å²) >= 11 is 0. The van der Waals surface area contributed by atoms with E-state index in [1.54, 1.807) is 32.9 Å². The van der Waals surface area contributed by atoms with Gasteiger partial charge in [-0.15, -0.1) is 0 Å². The number of anilines is 1. The third-order valence-corrected chi connectivity index (χ3v) is 5.23. The zero-order valence-electron chi connectivity index (χ0n) is 19.1. The molecule has 0 spiro atoms. The Morgan fingerprint density at radius 2 is 1.68 bits per heavy atom. The smallest absolute Gasteiger partial charge is 0.408 e. The maximum atomic E-state index is 14.5. The van der Waals surface area contributed by atoms with E-state index in [2.05, 4.69) is 10.6 Å². The Morgan fingerprint density at radius 1 is 1.10 bits per heavy atom. The molecule has 1 saturated carbocycles. The third-order valence-electron chi connectivity index (χ3n) is 5.23. The summed E-state index contributed by atoms with van der Waals surface area (Å²) in [6.07, 6.45) is -1.35. The monoisotopic (exact) mass is 442 g/mol. The number of carbonyl (C=O) groups is 2. The van der Waals surface area contributed by atoms with Crippen LogP contribution in [0.4, 0.5) is 23.7 Å². The minimum atomic E-state index is -2.77. The molecule has 8 heteroatoms. The van der Waals surface area contributed by atoms with Gasteiger partial charge in [0.1, 0.15) is 17.5 Å². The lowest BCUT2D eigenvalue weighted by Gasteiger charge is -2.33. The van der Waals surface area contributed by atoms with Crippen LogP contribution in [0, 0.1) is 11.7 Å². The van der Waals surface area contributed by atoms with Crippen LogP contribution in [-0.4, -0.2) is 29.6 Å². The molecule has 1 aliphatic rings. The maximum Gasteiger partial charge on any atom is 0.408 e. The molecule has 2 amide bonds. The highest BCUT2D eigenvalue weighted by Gasteiger charge is 2.40. The van der Waals surface area contributed by atoms with Crippen molar-refractivity contribution in [3.05, 3.63) is 29.6 Å². The summed E-state index contributed by atoms with van der Waals surface area (Å²) in [5, 5.41) is 5.14. The first kappa shape index (κ1) is 25.0. The Labute approximate surface area is 182 Å². The topological polar surface area (TPSA) is 67.4 Å². The Bertz CT molecular complexity index is 803. The molecule has 1 aromatic rings. The lowest BCUT2D eigenvalue weighted by molar-refractivity contribution is -0.121. The second-order valence-electron chi connectivity index (χ2n) is 10.3. The van der Waals surface area contributed by atoms with Crippen molar-refractivity contribution >= 4 is 17.7 Å². The predicted molar refractivity (Wildman–Crippen MR) is 114 cm³/mol. The fourth-order valence-corrected chi connectivity index (χ4v) is 3.65. The number of amides is 2. The number of ether oxygens (including phenoxy) is 1. The number of alkyl halides is 2. The second kappa shape index (κ2) is 9.09. The summed E-state index contributed by atoms with van der Waals surface area (Å²) in [6, 6.07) is 3.33. The number of alkyl carbamates (subject to hydrolysis) is 1. The van der Waals surface area contributed by atoms with Crippen LogP contribution in [0.5, 0.6) is 0 Å². The van der Waals surface area contributed by atoms with Crippen LogP contribution < -0.4 is 10.6 Å². The molecular weight excluding hydrogens is 409 g/mol. The van der Waals surface area contributed by atoms with Crippen LogP contribution in [0.3, 0.4) is 0 Å². The SMILES string of the molecule is CC(C)(C)OC(=O)N[C@H](C(=O)Nc1ccc(C(C)(C)C)c(F)c1)C1CCC(F)(F)CC1. The summed E-state index contributed by atoms with van der Waals surface area (Å²) < 4.78 is 46.9. The number of rotatable bonds is 4. The molecule has 2 rings (SSSR count). The van der Waals surface area contributed by atoms with Gasteiger partial charge in [0.15, 0.2) is 0 Å². The van der Waals surface area contributed by atoms with Gasteiger partial charge >= 0.3 is 6.09 Å². The molecule has 5 nitrogen and oxygen atoms in total. The van der Waals surface area contributed by atoms with Crippen molar-refractivity contribution in [2.75, 3.05) is 5.32 Å². The van der Waals surface area contributed by atoms with Crippen LogP contribution in [0.15, 0.2) is 18.2 Å². The standard InChI is InChI=1S/C23H33F3N2O3/c1-21(2,3)16-8-7-15(13-17(16)24)27-19(29)18(28-20(30)31-22(4,5)6)14-9-11-23(25,26)12-10-14/h7-8,13-14,18H,9-12H2,1-6H3,(H,27,29)(H,28,30)/t18-/m0/s1. The molecule has 0 heterocycles. The first-order chi connectivity index (χ1) is 14.1. The summed E-state index contributed by atoms with van der Waals surface area (Å²) in [4.78, 5) is 25.3. The molecule has 0 saturated heterocycles. The number of hydrogen-bond donors (Lipinski definition) is 2. The second-order valence-corrected chi connectivity index (χ2v) is 10.3. The molecule has 0 radical (unpaired) electrons. The first-order valence-corrected chi connectivity index (χ1v) is 10.6. The summed E-state index contributed by atoms with van der Waals surface area (Å²) in [5.41, 5.74) is -0.451. The van der Waals surface area contributed by atoms with Crippen molar-refractivity contribution in [1.29, 1.82) is 0 Å². The number of halogens is 3. The summed E-state index contributed by atoms with van der Waals surface area (Å²) in [5.74, 6) is -4.30. The largest absolute Gasteiger partial charge is 0.444 e. The molecule has 2 N–H and O–H groups in total. The van der Waals surface area contributed by atoms with E-state index in [0.717, 1.165) is 0 Å². The zero-order chi connectivity index (χ0) is 23.6. The van der Waals surface area contributed by atoms with Gasteiger partial charge in [-0.05, 0) is 62.6 Å². The predicted octanol–water partition coefficient (Wildman–Crippen LogP) is 5.78. The average molecular weight is 443 g/mol. The lowest BCUT2D eigenvalue weighted by Crippen LogP contribution is -2.51. The third kappa shape index (κ3) is 7.43. The maximum absolute atomic E-state index is 14.5. The molecular formula is C23H33F3N2O3. The minimum Gasteiger partial charge on any atom is -0.444 e. The van der Waals surface area contributed by atoms with Crippen molar-refractivity contribution in [1.82, 2.24) is 5.32 Å². The molecule has 31 heavy (non-hydrogen) atoms. The lowest BCUT2D eigenvalue weighted by atomic mass is 9.81. The van der Waals surface area contributed by atoms with Gasteiger partial charge in [0.25, 0.3) is 0 Å². The summed E-state index contributed by atoms with van der Waals surface area (Å²) in [7, 11) is 0. The van der Waals surface area contributed by atoms with Crippen molar-refractivity contribution in [3.63, 3.8) is 0 Å². The van der Waals surface area contributed by atoms with Gasteiger partial charge in [-0.3, -0.25) is 4.79 Å².